The van der Waals surface area contributed by atoms with Gasteiger partial charge in [0.1, 0.15) is 0 Å². The van der Waals surface area contributed by atoms with Crippen LogP contribution in [-0.2, 0) is 5.41 Å². The van der Waals surface area contributed by atoms with E-state index in [0.29, 0.717) is 0 Å². The summed E-state index contributed by atoms with van der Waals surface area (Å²) in [5, 5.41) is 2.52. The molecule has 0 saturated carbocycles. The van der Waals surface area contributed by atoms with Crippen LogP contribution in [-0.4, -0.2) is 0 Å². The second-order valence-electron chi connectivity index (χ2n) is 19.1. The maximum atomic E-state index is 2.48. The summed E-state index contributed by atoms with van der Waals surface area (Å²) in [6.45, 7) is 0. The number of para-hydroxylation sites is 1. The highest BCUT2D eigenvalue weighted by Gasteiger charge is 2.51. The van der Waals surface area contributed by atoms with Crippen molar-refractivity contribution >= 4 is 27.8 Å². The molecule has 0 saturated heterocycles. The Morgan fingerprint density at radius 1 is 0.222 bits per heavy atom. The monoisotopic (exact) mass is 913 g/mol. The van der Waals surface area contributed by atoms with Gasteiger partial charge in [-0.25, -0.2) is 0 Å². The second-order valence-corrected chi connectivity index (χ2v) is 19.1. The molecule has 0 N–H and O–H groups in total. The minimum Gasteiger partial charge on any atom is -0.310 e. The highest BCUT2D eigenvalue weighted by Crippen LogP contribution is 2.63. The molecule has 1 nitrogen and oxygen atoms in total. The van der Waals surface area contributed by atoms with Gasteiger partial charge in [-0.05, 0) is 136 Å². The lowest BCUT2D eigenvalue weighted by Gasteiger charge is -2.31. The fourth-order valence-corrected chi connectivity index (χ4v) is 12.2. The largest absolute Gasteiger partial charge is 0.310 e. The molecular weight excluding hydrogens is 867 g/mol. The minimum atomic E-state index is -0.420. The van der Waals surface area contributed by atoms with Gasteiger partial charge in [0.15, 0.2) is 0 Å². The molecule has 2 aliphatic carbocycles. The minimum absolute atomic E-state index is 0.420. The van der Waals surface area contributed by atoms with Gasteiger partial charge < -0.3 is 4.90 Å². The molecule has 2 aliphatic rings. The second kappa shape index (κ2) is 17.0. The van der Waals surface area contributed by atoms with Crippen LogP contribution in [0.4, 0.5) is 17.1 Å². The molecule has 12 aromatic rings. The Balaban J connectivity index is 0.940. The lowest BCUT2D eigenvalue weighted by molar-refractivity contribution is 0.794. The van der Waals surface area contributed by atoms with Gasteiger partial charge in [0.05, 0.1) is 11.1 Å². The first kappa shape index (κ1) is 41.7. The van der Waals surface area contributed by atoms with Crippen molar-refractivity contribution in [3.8, 4) is 77.9 Å². The zero-order valence-electron chi connectivity index (χ0n) is 39.6. The van der Waals surface area contributed by atoms with Crippen LogP contribution in [0.2, 0.25) is 0 Å². The number of anilines is 3. The normalized spacial score (nSPS) is 12.6. The smallest absolute Gasteiger partial charge is 0.0725 e. The lowest BCUT2D eigenvalue weighted by Crippen LogP contribution is -2.25. The van der Waals surface area contributed by atoms with Crippen molar-refractivity contribution < 1.29 is 0 Å². The van der Waals surface area contributed by atoms with Gasteiger partial charge in [0, 0.05) is 16.9 Å². The van der Waals surface area contributed by atoms with E-state index >= 15 is 0 Å². The fourth-order valence-electron chi connectivity index (χ4n) is 12.2. The van der Waals surface area contributed by atoms with Crippen molar-refractivity contribution in [2.45, 2.75) is 5.41 Å². The summed E-state index contributed by atoms with van der Waals surface area (Å²) in [4.78, 5) is 2.48. The molecule has 0 unspecified atom stereocenters. The van der Waals surface area contributed by atoms with Crippen molar-refractivity contribution in [1.82, 2.24) is 0 Å². The number of rotatable bonds is 8. The van der Waals surface area contributed by atoms with Crippen LogP contribution in [0.5, 0.6) is 0 Å². The molecule has 0 heterocycles. The first-order valence-corrected chi connectivity index (χ1v) is 25.0. The maximum Gasteiger partial charge on any atom is 0.0725 e. The molecule has 0 fully saturated rings. The quantitative estimate of drug-likeness (QED) is 0.147. The van der Waals surface area contributed by atoms with E-state index in [4.69, 9.17) is 0 Å². The van der Waals surface area contributed by atoms with Crippen LogP contribution >= 0.6 is 0 Å². The van der Waals surface area contributed by atoms with E-state index in [1.165, 1.54) is 105 Å². The Labute approximate surface area is 421 Å². The molecule has 0 amide bonds. The molecule has 14 rings (SSSR count). The van der Waals surface area contributed by atoms with Gasteiger partial charge in [0.2, 0.25) is 0 Å². The molecule has 0 aliphatic heterocycles. The first-order valence-electron chi connectivity index (χ1n) is 25.0. The van der Waals surface area contributed by atoms with E-state index in [9.17, 15) is 0 Å². The van der Waals surface area contributed by atoms with Gasteiger partial charge in [0.25, 0.3) is 0 Å². The summed E-state index contributed by atoms with van der Waals surface area (Å²) in [6.07, 6.45) is 0. The molecule has 0 atom stereocenters. The lowest BCUT2D eigenvalue weighted by atomic mass is 9.70. The van der Waals surface area contributed by atoms with E-state index in [1.807, 2.05) is 0 Å². The highest BCUT2D eigenvalue weighted by atomic mass is 15.1. The average Bonchev–Trinajstić information content (AvgIpc) is 3.94. The van der Waals surface area contributed by atoms with Crippen molar-refractivity contribution in [3.05, 3.63) is 307 Å². The summed E-state index contributed by atoms with van der Waals surface area (Å²) >= 11 is 0. The van der Waals surface area contributed by atoms with Gasteiger partial charge in [-0.3, -0.25) is 0 Å². The number of fused-ring (bicyclic) bond motifs is 11. The zero-order chi connectivity index (χ0) is 47.6. The van der Waals surface area contributed by atoms with Crippen molar-refractivity contribution in [3.63, 3.8) is 0 Å². The third-order valence-electron chi connectivity index (χ3n) is 15.3. The molecule has 0 bridgehead atoms. The van der Waals surface area contributed by atoms with E-state index in [2.05, 4.69) is 290 Å². The summed E-state index contributed by atoms with van der Waals surface area (Å²) < 4.78 is 0. The molecular formula is C71H47N. The zero-order valence-corrected chi connectivity index (χ0v) is 39.6. The highest BCUT2D eigenvalue weighted by molar-refractivity contribution is 6.01. The standard InChI is InChI=1S/C71H47N/c1-2-19-50(20-3-1)57-24-6-7-25-58(57)59-26-8-9-27-60(59)64-31-13-17-36-70(64)72(53-43-41-49(42-44-53)48-37-39-52(40-38-48)56-32-18-22-51-21-4-5-23-55(51)56)54-45-46-69-65(47-54)63-30-12-16-35-68(63)71(69)66-33-14-10-28-61(66)62-29-11-15-34-67(62)71/h1-47H. The molecule has 1 spiro atoms. The number of hydrogen-bond donors (Lipinski definition) is 0. The van der Waals surface area contributed by atoms with E-state index in [1.54, 1.807) is 0 Å². The summed E-state index contributed by atoms with van der Waals surface area (Å²) in [5.41, 5.74) is 25.3. The third-order valence-corrected chi connectivity index (χ3v) is 15.3. The number of nitrogens with zero attached hydrogens (tertiary/aromatic N) is 1. The summed E-state index contributed by atoms with van der Waals surface area (Å²) in [7, 11) is 0. The van der Waals surface area contributed by atoms with Crippen molar-refractivity contribution in [1.29, 1.82) is 0 Å². The Hall–Kier alpha value is -9.30. The molecule has 0 aromatic heterocycles. The number of benzene rings is 12. The predicted molar refractivity (Wildman–Crippen MR) is 302 cm³/mol. The Kier molecular flexibility index (Phi) is 9.82. The van der Waals surface area contributed by atoms with E-state index in [0.717, 1.165) is 22.6 Å². The Morgan fingerprint density at radius 3 is 1.28 bits per heavy atom. The van der Waals surface area contributed by atoms with Crippen LogP contribution in [0.1, 0.15) is 22.3 Å². The maximum absolute atomic E-state index is 2.48. The SMILES string of the molecule is c1ccc(-c2ccccc2-c2ccccc2-c2ccccc2N(c2ccc(-c3ccc(-c4cccc5ccccc45)cc3)cc2)c2ccc3c(c2)-c2ccccc2C32c3ccccc3-c3ccccc32)cc1. The molecule has 1 heteroatoms. The Bertz CT molecular complexity index is 3980. The van der Waals surface area contributed by atoms with E-state index < -0.39 is 5.41 Å². The molecule has 12 aromatic carbocycles. The van der Waals surface area contributed by atoms with Crippen molar-refractivity contribution in [2.24, 2.45) is 0 Å². The van der Waals surface area contributed by atoms with Crippen LogP contribution in [0, 0.1) is 0 Å². The van der Waals surface area contributed by atoms with Gasteiger partial charge >= 0.3 is 0 Å². The average molecular weight is 914 g/mol. The van der Waals surface area contributed by atoms with Crippen LogP contribution in [0.3, 0.4) is 0 Å². The van der Waals surface area contributed by atoms with Crippen molar-refractivity contribution in [2.75, 3.05) is 4.90 Å². The summed E-state index contributed by atoms with van der Waals surface area (Å²) in [5.74, 6) is 0. The predicted octanol–water partition coefficient (Wildman–Crippen LogP) is 19.0. The topological polar surface area (TPSA) is 3.24 Å². The van der Waals surface area contributed by atoms with E-state index in [-0.39, 0.29) is 0 Å². The first-order chi connectivity index (χ1) is 35.7. The van der Waals surface area contributed by atoms with Crippen LogP contribution in [0.25, 0.3) is 88.7 Å². The number of hydrogen-bond acceptors (Lipinski definition) is 1. The van der Waals surface area contributed by atoms with Gasteiger partial charge in [-0.1, -0.05) is 255 Å². The molecule has 72 heavy (non-hydrogen) atoms. The Morgan fingerprint density at radius 2 is 0.625 bits per heavy atom. The third kappa shape index (κ3) is 6.48. The molecule has 336 valence electrons. The van der Waals surface area contributed by atoms with Crippen LogP contribution in [0.15, 0.2) is 285 Å². The van der Waals surface area contributed by atoms with Gasteiger partial charge in [-0.2, -0.15) is 0 Å². The molecule has 0 radical (unpaired) electrons. The van der Waals surface area contributed by atoms with Crippen LogP contribution < -0.4 is 4.90 Å². The van der Waals surface area contributed by atoms with Gasteiger partial charge in [-0.15, -0.1) is 0 Å². The fraction of sp³-hybridized carbons (Fsp3) is 0.0141. The summed E-state index contributed by atoms with van der Waals surface area (Å²) in [6, 6.07) is 105.